The number of hydrogen-bond donors (Lipinski definition) is 1. The van der Waals surface area contributed by atoms with Crippen LogP contribution in [0, 0.1) is 5.92 Å². The van der Waals surface area contributed by atoms with Crippen LogP contribution in [0.3, 0.4) is 0 Å². The van der Waals surface area contributed by atoms with Crippen LogP contribution in [0.5, 0.6) is 0 Å². The summed E-state index contributed by atoms with van der Waals surface area (Å²) in [6.07, 6.45) is 5.99. The first-order valence-electron chi connectivity index (χ1n) is 7.65. The van der Waals surface area contributed by atoms with Crippen molar-refractivity contribution in [1.82, 2.24) is 14.7 Å². The van der Waals surface area contributed by atoms with Gasteiger partial charge >= 0.3 is 0 Å². The predicted molar refractivity (Wildman–Crippen MR) is 83.2 cm³/mol. The molecule has 1 aliphatic heterocycles. The lowest BCUT2D eigenvalue weighted by molar-refractivity contribution is 0.521. The highest BCUT2D eigenvalue weighted by Gasteiger charge is 2.20. The van der Waals surface area contributed by atoms with Crippen LogP contribution in [0.4, 0.5) is 5.82 Å². The molecule has 0 saturated carbocycles. The summed E-state index contributed by atoms with van der Waals surface area (Å²) < 4.78 is 2.21. The van der Waals surface area contributed by atoms with Gasteiger partial charge in [-0.3, -0.25) is 0 Å². The van der Waals surface area contributed by atoms with E-state index in [-0.39, 0.29) is 0 Å². The lowest BCUT2D eigenvalue weighted by Gasteiger charge is -2.21. The highest BCUT2D eigenvalue weighted by atomic mass is 15.2. The van der Waals surface area contributed by atoms with Crippen LogP contribution in [0.1, 0.15) is 31.9 Å². The van der Waals surface area contributed by atoms with Crippen LogP contribution in [-0.4, -0.2) is 29.5 Å². The van der Waals surface area contributed by atoms with Gasteiger partial charge in [0.05, 0.1) is 5.69 Å². The maximum Gasteiger partial charge on any atom is 0.152 e. The van der Waals surface area contributed by atoms with Gasteiger partial charge in [0, 0.05) is 25.8 Å². The molecule has 3 rings (SSSR count). The smallest absolute Gasteiger partial charge is 0.152 e. The first-order chi connectivity index (χ1) is 9.79. The molecule has 108 valence electrons. The summed E-state index contributed by atoms with van der Waals surface area (Å²) in [4.78, 5) is 7.35. The van der Waals surface area contributed by atoms with E-state index in [0.717, 1.165) is 31.2 Å². The first kappa shape index (κ1) is 13.4. The van der Waals surface area contributed by atoms with Gasteiger partial charge in [0.25, 0.3) is 0 Å². The van der Waals surface area contributed by atoms with Crippen LogP contribution in [0.25, 0.3) is 5.65 Å². The van der Waals surface area contributed by atoms with Gasteiger partial charge in [0.15, 0.2) is 5.82 Å². The van der Waals surface area contributed by atoms with E-state index in [0.29, 0.717) is 0 Å². The molecule has 1 atom stereocenters. The van der Waals surface area contributed by atoms with E-state index >= 15 is 0 Å². The largest absolute Gasteiger partial charge is 0.355 e. The van der Waals surface area contributed by atoms with Crippen molar-refractivity contribution in [3.8, 4) is 0 Å². The second-order valence-electron chi connectivity index (χ2n) is 5.86. The summed E-state index contributed by atoms with van der Waals surface area (Å²) in [7, 11) is 2.00. The SMILES string of the molecule is CNCc1c(N2CCCC(C)CC2)nc2ccccn12. The molecule has 2 aromatic rings. The van der Waals surface area contributed by atoms with E-state index in [4.69, 9.17) is 4.98 Å². The summed E-state index contributed by atoms with van der Waals surface area (Å²) >= 11 is 0. The van der Waals surface area contributed by atoms with Crippen LogP contribution in [0.15, 0.2) is 24.4 Å². The molecular weight excluding hydrogens is 248 g/mol. The Morgan fingerprint density at radius 2 is 2.20 bits per heavy atom. The molecule has 0 amide bonds. The summed E-state index contributed by atoms with van der Waals surface area (Å²) in [5.41, 5.74) is 2.32. The fourth-order valence-corrected chi connectivity index (χ4v) is 3.09. The van der Waals surface area contributed by atoms with Gasteiger partial charge in [-0.1, -0.05) is 13.0 Å². The quantitative estimate of drug-likeness (QED) is 0.932. The number of aromatic nitrogens is 2. The first-order valence-corrected chi connectivity index (χ1v) is 7.65. The monoisotopic (exact) mass is 272 g/mol. The van der Waals surface area contributed by atoms with E-state index in [1.807, 2.05) is 7.05 Å². The molecule has 3 heterocycles. The van der Waals surface area contributed by atoms with Gasteiger partial charge in [-0.05, 0) is 44.4 Å². The molecule has 1 saturated heterocycles. The zero-order valence-electron chi connectivity index (χ0n) is 12.5. The van der Waals surface area contributed by atoms with Crippen molar-refractivity contribution in [2.75, 3.05) is 25.0 Å². The van der Waals surface area contributed by atoms with E-state index in [2.05, 4.69) is 45.9 Å². The maximum absolute atomic E-state index is 4.87. The number of anilines is 1. The standard InChI is InChI=1S/C16H24N4/c1-13-6-5-9-19(11-8-13)16-14(12-17-2)20-10-4-3-7-15(20)18-16/h3-4,7,10,13,17H,5-6,8-9,11-12H2,1-2H3. The van der Waals surface area contributed by atoms with Crippen molar-refractivity contribution < 1.29 is 0 Å². The number of fused-ring (bicyclic) bond motifs is 1. The number of nitrogens with one attached hydrogen (secondary N) is 1. The highest BCUT2D eigenvalue weighted by molar-refractivity contribution is 5.56. The molecule has 0 aliphatic carbocycles. The lowest BCUT2D eigenvalue weighted by atomic mass is 10.0. The third kappa shape index (κ3) is 2.52. The lowest BCUT2D eigenvalue weighted by Crippen LogP contribution is -2.26. The van der Waals surface area contributed by atoms with Crippen LogP contribution in [-0.2, 0) is 6.54 Å². The van der Waals surface area contributed by atoms with Crippen molar-refractivity contribution in [3.05, 3.63) is 30.1 Å². The van der Waals surface area contributed by atoms with Gasteiger partial charge in [-0.2, -0.15) is 0 Å². The molecule has 0 spiro atoms. The topological polar surface area (TPSA) is 32.6 Å². The summed E-state index contributed by atoms with van der Waals surface area (Å²) in [6.45, 7) is 5.47. The van der Waals surface area contributed by atoms with Crippen LogP contribution in [0.2, 0.25) is 0 Å². The Bertz CT molecular complexity index is 575. The molecule has 4 nitrogen and oxygen atoms in total. The number of nitrogens with zero attached hydrogens (tertiary/aromatic N) is 3. The summed E-state index contributed by atoms with van der Waals surface area (Å²) in [6, 6.07) is 6.21. The Kier molecular flexibility index (Phi) is 3.92. The average molecular weight is 272 g/mol. The third-order valence-electron chi connectivity index (χ3n) is 4.27. The predicted octanol–water partition coefficient (Wildman–Crippen LogP) is 2.68. The van der Waals surface area contributed by atoms with Crippen molar-refractivity contribution >= 4 is 11.5 Å². The van der Waals surface area contributed by atoms with E-state index < -0.39 is 0 Å². The fraction of sp³-hybridized carbons (Fsp3) is 0.562. The van der Waals surface area contributed by atoms with Crippen molar-refractivity contribution in [3.63, 3.8) is 0 Å². The second kappa shape index (κ2) is 5.83. The van der Waals surface area contributed by atoms with E-state index in [9.17, 15) is 0 Å². The minimum Gasteiger partial charge on any atom is -0.355 e. The molecule has 2 aromatic heterocycles. The minimum absolute atomic E-state index is 0.838. The number of hydrogen-bond acceptors (Lipinski definition) is 3. The number of rotatable bonds is 3. The Morgan fingerprint density at radius 3 is 3.05 bits per heavy atom. The molecular formula is C16H24N4. The molecule has 0 aromatic carbocycles. The average Bonchev–Trinajstić information content (AvgIpc) is 2.67. The van der Waals surface area contributed by atoms with Crippen molar-refractivity contribution in [2.45, 2.75) is 32.7 Å². The Morgan fingerprint density at radius 1 is 1.30 bits per heavy atom. The molecule has 1 fully saturated rings. The summed E-state index contributed by atoms with van der Waals surface area (Å²) in [5.74, 6) is 2.00. The van der Waals surface area contributed by atoms with Gasteiger partial charge < -0.3 is 14.6 Å². The summed E-state index contributed by atoms with van der Waals surface area (Å²) in [5, 5.41) is 3.28. The van der Waals surface area contributed by atoms with Crippen molar-refractivity contribution in [2.24, 2.45) is 5.92 Å². The Labute approximate surface area is 120 Å². The maximum atomic E-state index is 4.87. The molecule has 1 unspecified atom stereocenters. The molecule has 0 bridgehead atoms. The second-order valence-corrected chi connectivity index (χ2v) is 5.86. The highest BCUT2D eigenvalue weighted by Crippen LogP contribution is 2.26. The molecule has 4 heteroatoms. The molecule has 1 aliphatic rings. The van der Waals surface area contributed by atoms with Gasteiger partial charge in [-0.25, -0.2) is 4.98 Å². The molecule has 20 heavy (non-hydrogen) atoms. The Balaban J connectivity index is 1.98. The fourth-order valence-electron chi connectivity index (χ4n) is 3.09. The zero-order valence-corrected chi connectivity index (χ0v) is 12.5. The van der Waals surface area contributed by atoms with Gasteiger partial charge in [0.1, 0.15) is 5.65 Å². The van der Waals surface area contributed by atoms with Gasteiger partial charge in [0.2, 0.25) is 0 Å². The van der Waals surface area contributed by atoms with Crippen LogP contribution >= 0.6 is 0 Å². The Hall–Kier alpha value is -1.55. The van der Waals surface area contributed by atoms with Crippen molar-refractivity contribution in [1.29, 1.82) is 0 Å². The molecule has 0 radical (unpaired) electrons. The minimum atomic E-state index is 0.838. The van der Waals surface area contributed by atoms with Gasteiger partial charge in [-0.15, -0.1) is 0 Å². The number of pyridine rings is 1. The molecule has 1 N–H and O–H groups in total. The third-order valence-corrected chi connectivity index (χ3v) is 4.27. The normalized spacial score (nSPS) is 20.3. The zero-order chi connectivity index (χ0) is 13.9. The van der Waals surface area contributed by atoms with E-state index in [1.165, 1.54) is 30.8 Å². The van der Waals surface area contributed by atoms with E-state index in [1.54, 1.807) is 0 Å². The number of imidazole rings is 1. The van der Waals surface area contributed by atoms with Crippen LogP contribution < -0.4 is 10.2 Å².